The molecule has 0 spiro atoms. The second-order valence-corrected chi connectivity index (χ2v) is 4.75. The van der Waals surface area contributed by atoms with E-state index in [0.29, 0.717) is 6.42 Å². The van der Waals surface area contributed by atoms with Gasteiger partial charge in [-0.2, -0.15) is 4.31 Å². The molecule has 0 aliphatic heterocycles. The van der Waals surface area contributed by atoms with Gasteiger partial charge in [-0.3, -0.25) is 0 Å². The van der Waals surface area contributed by atoms with E-state index in [0.717, 1.165) is 4.31 Å². The van der Waals surface area contributed by atoms with Crippen LogP contribution >= 0.6 is 0 Å². The molecule has 0 amide bonds. The molecule has 80 valence electrons. The van der Waals surface area contributed by atoms with Crippen LogP contribution in [-0.4, -0.2) is 55.0 Å². The maximum absolute atomic E-state index is 11.4. The van der Waals surface area contributed by atoms with Crippen LogP contribution in [0.1, 0.15) is 13.3 Å². The number of aliphatic hydroxyl groups is 2. The van der Waals surface area contributed by atoms with Crippen molar-refractivity contribution in [2.45, 2.75) is 13.3 Å². The Morgan fingerprint density at radius 2 is 1.62 bits per heavy atom. The molecule has 6 heteroatoms. The van der Waals surface area contributed by atoms with Gasteiger partial charge in [0.05, 0.1) is 19.0 Å². The predicted octanol–water partition coefficient (Wildman–Crippen LogP) is -0.987. The van der Waals surface area contributed by atoms with Crippen molar-refractivity contribution in [3.05, 3.63) is 0 Å². The summed E-state index contributed by atoms with van der Waals surface area (Å²) in [5, 5.41) is 17.2. The molecule has 0 rings (SSSR count). The third-order valence-electron chi connectivity index (χ3n) is 1.55. The lowest BCUT2D eigenvalue weighted by Gasteiger charge is -2.19. The van der Waals surface area contributed by atoms with E-state index in [2.05, 4.69) is 0 Å². The molecule has 2 N–H and O–H groups in total. The first-order valence-electron chi connectivity index (χ1n) is 4.28. The molecule has 0 unspecified atom stereocenters. The highest BCUT2D eigenvalue weighted by Crippen LogP contribution is 2.01. The fraction of sp³-hybridized carbons (Fsp3) is 1.00. The van der Waals surface area contributed by atoms with Gasteiger partial charge in [0, 0.05) is 13.1 Å². The van der Waals surface area contributed by atoms with E-state index >= 15 is 0 Å². The number of rotatable bonds is 7. The Hall–Kier alpha value is -0.170. The van der Waals surface area contributed by atoms with Crippen molar-refractivity contribution in [1.29, 1.82) is 0 Å². The third-order valence-corrected chi connectivity index (χ3v) is 3.63. The Bertz CT molecular complexity index is 209. The summed E-state index contributed by atoms with van der Waals surface area (Å²) < 4.78 is 23.9. The number of hydrogen-bond acceptors (Lipinski definition) is 4. The molecule has 0 aromatic rings. The molecule has 0 radical (unpaired) electrons. The molecule has 0 saturated heterocycles. The van der Waals surface area contributed by atoms with Gasteiger partial charge in [-0.1, -0.05) is 6.92 Å². The minimum absolute atomic E-state index is 0.0584. The smallest absolute Gasteiger partial charge is 0.214 e. The summed E-state index contributed by atoms with van der Waals surface area (Å²) in [7, 11) is -3.28. The van der Waals surface area contributed by atoms with Gasteiger partial charge < -0.3 is 10.2 Å². The summed E-state index contributed by atoms with van der Waals surface area (Å²) in [6.45, 7) is 1.45. The largest absolute Gasteiger partial charge is 0.395 e. The molecule has 0 aromatic heterocycles. The SMILES string of the molecule is CCCS(=O)(=O)N(CCO)CCO. The van der Waals surface area contributed by atoms with Crippen molar-refractivity contribution >= 4 is 10.0 Å². The van der Waals surface area contributed by atoms with Crippen LogP contribution < -0.4 is 0 Å². The lowest BCUT2D eigenvalue weighted by atomic mass is 10.6. The normalized spacial score (nSPS) is 12.3. The molecule has 0 fully saturated rings. The van der Waals surface area contributed by atoms with Crippen LogP contribution in [0.5, 0.6) is 0 Å². The number of aliphatic hydroxyl groups excluding tert-OH is 2. The van der Waals surface area contributed by atoms with E-state index in [1.54, 1.807) is 6.92 Å². The van der Waals surface area contributed by atoms with Crippen LogP contribution in [0.4, 0.5) is 0 Å². The highest BCUT2D eigenvalue weighted by molar-refractivity contribution is 7.89. The first-order chi connectivity index (χ1) is 6.08. The van der Waals surface area contributed by atoms with E-state index in [-0.39, 0.29) is 32.1 Å². The molecule has 5 nitrogen and oxygen atoms in total. The average molecular weight is 211 g/mol. The van der Waals surface area contributed by atoms with E-state index in [1.807, 2.05) is 0 Å². The van der Waals surface area contributed by atoms with E-state index in [9.17, 15) is 8.42 Å². The standard InChI is InChI=1S/C7H17NO4S/c1-2-7-13(11,12)8(3-5-9)4-6-10/h9-10H,2-7H2,1H3. The fourth-order valence-electron chi connectivity index (χ4n) is 1.00. The Kier molecular flexibility index (Phi) is 6.23. The summed E-state index contributed by atoms with van der Waals surface area (Å²) in [5.74, 6) is 0.0625. The predicted molar refractivity (Wildman–Crippen MR) is 49.8 cm³/mol. The van der Waals surface area contributed by atoms with Crippen LogP contribution in [0.25, 0.3) is 0 Å². The molecule has 0 aliphatic rings. The minimum Gasteiger partial charge on any atom is -0.395 e. The van der Waals surface area contributed by atoms with Crippen LogP contribution in [0.2, 0.25) is 0 Å². The Balaban J connectivity index is 4.33. The molecule has 0 aromatic carbocycles. The summed E-state index contributed by atoms with van der Waals surface area (Å²) in [5.41, 5.74) is 0. The van der Waals surface area contributed by atoms with Crippen molar-refractivity contribution in [2.75, 3.05) is 32.1 Å². The van der Waals surface area contributed by atoms with Gasteiger partial charge in [0.25, 0.3) is 0 Å². The van der Waals surface area contributed by atoms with E-state index in [4.69, 9.17) is 10.2 Å². The molecule has 0 aliphatic carbocycles. The number of hydrogen-bond donors (Lipinski definition) is 2. The summed E-state index contributed by atoms with van der Waals surface area (Å²) in [6, 6.07) is 0. The fourth-order valence-corrected chi connectivity index (χ4v) is 2.49. The lowest BCUT2D eigenvalue weighted by molar-refractivity contribution is 0.217. The third kappa shape index (κ3) is 4.56. The molecule has 13 heavy (non-hydrogen) atoms. The molecular weight excluding hydrogens is 194 g/mol. The maximum atomic E-state index is 11.4. The summed E-state index contributed by atoms with van der Waals surface area (Å²) in [4.78, 5) is 0. The van der Waals surface area contributed by atoms with Crippen molar-refractivity contribution in [1.82, 2.24) is 4.31 Å². The zero-order valence-electron chi connectivity index (χ0n) is 7.81. The van der Waals surface area contributed by atoms with Crippen LogP contribution in [-0.2, 0) is 10.0 Å². The Morgan fingerprint density at radius 3 is 1.92 bits per heavy atom. The van der Waals surface area contributed by atoms with Gasteiger partial charge in [0.2, 0.25) is 10.0 Å². The van der Waals surface area contributed by atoms with Crippen LogP contribution in [0.15, 0.2) is 0 Å². The van der Waals surface area contributed by atoms with Gasteiger partial charge >= 0.3 is 0 Å². The maximum Gasteiger partial charge on any atom is 0.214 e. The summed E-state index contributed by atoms with van der Waals surface area (Å²) >= 11 is 0. The van der Waals surface area contributed by atoms with Gasteiger partial charge in [0.1, 0.15) is 0 Å². The van der Waals surface area contributed by atoms with Crippen LogP contribution in [0.3, 0.4) is 0 Å². The lowest BCUT2D eigenvalue weighted by Crippen LogP contribution is -2.37. The average Bonchev–Trinajstić information content (AvgIpc) is 2.04. The highest BCUT2D eigenvalue weighted by Gasteiger charge is 2.19. The van der Waals surface area contributed by atoms with Crippen molar-refractivity contribution in [2.24, 2.45) is 0 Å². The number of sulfonamides is 1. The zero-order chi connectivity index (χ0) is 10.3. The second-order valence-electron chi connectivity index (χ2n) is 2.66. The molecule has 0 saturated carbocycles. The summed E-state index contributed by atoms with van der Waals surface area (Å²) in [6.07, 6.45) is 0.537. The molecule has 0 heterocycles. The van der Waals surface area contributed by atoms with E-state index < -0.39 is 10.0 Å². The monoisotopic (exact) mass is 211 g/mol. The van der Waals surface area contributed by atoms with Crippen molar-refractivity contribution < 1.29 is 18.6 Å². The van der Waals surface area contributed by atoms with Gasteiger partial charge in [-0.05, 0) is 6.42 Å². The van der Waals surface area contributed by atoms with Gasteiger partial charge in [-0.15, -0.1) is 0 Å². The first-order valence-corrected chi connectivity index (χ1v) is 5.89. The first kappa shape index (κ1) is 12.8. The highest BCUT2D eigenvalue weighted by atomic mass is 32.2. The van der Waals surface area contributed by atoms with E-state index in [1.165, 1.54) is 0 Å². The second kappa shape index (κ2) is 6.31. The minimum atomic E-state index is -3.28. The Labute approximate surface area is 79.0 Å². The topological polar surface area (TPSA) is 77.8 Å². The zero-order valence-corrected chi connectivity index (χ0v) is 8.63. The van der Waals surface area contributed by atoms with Crippen molar-refractivity contribution in [3.8, 4) is 0 Å². The molecular formula is C7H17NO4S. The quantitative estimate of drug-likeness (QED) is 0.567. The van der Waals surface area contributed by atoms with Gasteiger partial charge in [0.15, 0.2) is 0 Å². The van der Waals surface area contributed by atoms with Crippen molar-refractivity contribution in [3.63, 3.8) is 0 Å². The number of nitrogens with zero attached hydrogens (tertiary/aromatic N) is 1. The Morgan fingerprint density at radius 1 is 1.15 bits per heavy atom. The van der Waals surface area contributed by atoms with Gasteiger partial charge in [-0.25, -0.2) is 8.42 Å². The molecule has 0 atom stereocenters. The van der Waals surface area contributed by atoms with Crippen LogP contribution in [0, 0.1) is 0 Å². The molecule has 0 bridgehead atoms.